The summed E-state index contributed by atoms with van der Waals surface area (Å²) in [6.45, 7) is 3.65. The zero-order chi connectivity index (χ0) is 21.6. The van der Waals surface area contributed by atoms with Gasteiger partial charge in [0.1, 0.15) is 0 Å². The van der Waals surface area contributed by atoms with Crippen molar-refractivity contribution in [1.29, 1.82) is 0 Å². The molecule has 29 heavy (non-hydrogen) atoms. The molecule has 156 valence electrons. The van der Waals surface area contributed by atoms with Crippen molar-refractivity contribution in [3.05, 3.63) is 53.6 Å². The summed E-state index contributed by atoms with van der Waals surface area (Å²) < 4.78 is 26.4. The predicted molar refractivity (Wildman–Crippen MR) is 113 cm³/mol. The second kappa shape index (κ2) is 9.64. The highest BCUT2D eigenvalue weighted by Crippen LogP contribution is 2.20. The van der Waals surface area contributed by atoms with Crippen LogP contribution in [0.15, 0.2) is 47.4 Å². The number of carbonyl (C=O) groups excluding carboxylic acids is 2. The molecule has 3 N–H and O–H groups in total. The molecule has 0 saturated carbocycles. The first kappa shape index (κ1) is 22.5. The Hall–Kier alpha value is -2.75. The van der Waals surface area contributed by atoms with Gasteiger partial charge >= 0.3 is 0 Å². The second-order valence-corrected chi connectivity index (χ2v) is 8.68. The van der Waals surface area contributed by atoms with Crippen molar-refractivity contribution in [3.8, 4) is 0 Å². The van der Waals surface area contributed by atoms with Crippen LogP contribution in [-0.2, 0) is 19.6 Å². The Morgan fingerprint density at radius 1 is 0.897 bits per heavy atom. The fourth-order valence-electron chi connectivity index (χ4n) is 2.66. The van der Waals surface area contributed by atoms with Gasteiger partial charge in [-0.3, -0.25) is 14.5 Å². The molecule has 0 aliphatic rings. The van der Waals surface area contributed by atoms with E-state index in [0.717, 1.165) is 5.56 Å². The largest absolute Gasteiger partial charge is 0.325 e. The van der Waals surface area contributed by atoms with Crippen molar-refractivity contribution in [2.45, 2.75) is 18.7 Å². The van der Waals surface area contributed by atoms with Crippen molar-refractivity contribution in [1.82, 2.24) is 9.62 Å². The molecule has 8 nitrogen and oxygen atoms in total. The number of sulfonamides is 1. The van der Waals surface area contributed by atoms with E-state index >= 15 is 0 Å². The molecule has 0 fully saturated rings. The first-order valence-corrected chi connectivity index (χ1v) is 10.5. The number of amides is 2. The van der Waals surface area contributed by atoms with E-state index in [1.807, 2.05) is 31.2 Å². The summed E-state index contributed by atoms with van der Waals surface area (Å²) in [4.78, 5) is 26.0. The smallest absolute Gasteiger partial charge is 0.240 e. The SMILES string of the molecule is CNS(=O)(=O)c1cc(NC(=O)CN(C)CC(=O)Nc2ccc(C)cc2)ccc1C. The first-order chi connectivity index (χ1) is 13.6. The molecule has 0 heterocycles. The summed E-state index contributed by atoms with van der Waals surface area (Å²) in [5.74, 6) is -0.589. The minimum atomic E-state index is -3.62. The number of hydrogen-bond donors (Lipinski definition) is 3. The van der Waals surface area contributed by atoms with Crippen LogP contribution in [-0.4, -0.2) is 52.3 Å². The van der Waals surface area contributed by atoms with Gasteiger partial charge in [-0.15, -0.1) is 0 Å². The second-order valence-electron chi connectivity index (χ2n) is 6.82. The third-order valence-electron chi connectivity index (χ3n) is 4.19. The van der Waals surface area contributed by atoms with Crippen molar-refractivity contribution in [2.75, 3.05) is 37.8 Å². The number of likely N-dealkylation sites (N-methyl/N-ethyl adjacent to an activating group) is 1. The minimum Gasteiger partial charge on any atom is -0.325 e. The average molecular weight is 419 g/mol. The number of carbonyl (C=O) groups is 2. The summed E-state index contributed by atoms with van der Waals surface area (Å²) in [6, 6.07) is 12.1. The topological polar surface area (TPSA) is 108 Å². The van der Waals surface area contributed by atoms with E-state index in [1.54, 1.807) is 31.0 Å². The fourth-order valence-corrected chi connectivity index (χ4v) is 3.66. The monoisotopic (exact) mass is 418 g/mol. The van der Waals surface area contributed by atoms with E-state index in [9.17, 15) is 18.0 Å². The average Bonchev–Trinajstić information content (AvgIpc) is 2.64. The van der Waals surface area contributed by atoms with Crippen LogP contribution in [0.3, 0.4) is 0 Å². The zero-order valence-electron chi connectivity index (χ0n) is 16.9. The van der Waals surface area contributed by atoms with Crippen molar-refractivity contribution in [2.24, 2.45) is 0 Å². The molecule has 0 atom stereocenters. The van der Waals surface area contributed by atoms with Crippen molar-refractivity contribution < 1.29 is 18.0 Å². The maximum atomic E-state index is 12.3. The highest BCUT2D eigenvalue weighted by Gasteiger charge is 2.16. The summed E-state index contributed by atoms with van der Waals surface area (Å²) in [7, 11) is -0.640. The molecular formula is C20H26N4O4S. The molecule has 0 radical (unpaired) electrons. The molecule has 0 bridgehead atoms. The molecule has 0 saturated heterocycles. The van der Waals surface area contributed by atoms with Gasteiger partial charge < -0.3 is 10.6 Å². The number of aryl methyl sites for hydroxylation is 2. The number of hydrogen-bond acceptors (Lipinski definition) is 5. The van der Waals surface area contributed by atoms with Crippen LogP contribution in [0, 0.1) is 13.8 Å². The first-order valence-electron chi connectivity index (χ1n) is 9.00. The lowest BCUT2D eigenvalue weighted by molar-refractivity contribution is -0.119. The van der Waals surface area contributed by atoms with Gasteiger partial charge in [0.05, 0.1) is 18.0 Å². The van der Waals surface area contributed by atoms with E-state index in [2.05, 4.69) is 15.4 Å². The van der Waals surface area contributed by atoms with E-state index in [0.29, 0.717) is 16.9 Å². The molecule has 9 heteroatoms. The lowest BCUT2D eigenvalue weighted by Crippen LogP contribution is -2.36. The zero-order valence-corrected chi connectivity index (χ0v) is 17.8. The lowest BCUT2D eigenvalue weighted by atomic mass is 10.2. The van der Waals surface area contributed by atoms with E-state index in [4.69, 9.17) is 0 Å². The molecule has 2 aromatic rings. The third kappa shape index (κ3) is 6.67. The van der Waals surface area contributed by atoms with Gasteiger partial charge in [-0.1, -0.05) is 23.8 Å². The van der Waals surface area contributed by atoms with Crippen LogP contribution in [0.25, 0.3) is 0 Å². The lowest BCUT2D eigenvalue weighted by Gasteiger charge is -2.16. The van der Waals surface area contributed by atoms with E-state index in [1.165, 1.54) is 13.1 Å². The third-order valence-corrected chi connectivity index (χ3v) is 5.75. The number of anilines is 2. The van der Waals surface area contributed by atoms with E-state index < -0.39 is 10.0 Å². The van der Waals surface area contributed by atoms with Gasteiger partial charge in [0, 0.05) is 11.4 Å². The Labute approximate surface area is 171 Å². The summed E-state index contributed by atoms with van der Waals surface area (Å²) in [5.41, 5.74) is 2.73. The van der Waals surface area contributed by atoms with Crippen LogP contribution < -0.4 is 15.4 Å². The molecule has 0 unspecified atom stereocenters. The van der Waals surface area contributed by atoms with Gasteiger partial charge in [-0.25, -0.2) is 13.1 Å². The molecule has 0 aromatic heterocycles. The summed E-state index contributed by atoms with van der Waals surface area (Å²) in [5, 5.41) is 5.44. The molecule has 2 rings (SSSR count). The van der Waals surface area contributed by atoms with E-state index in [-0.39, 0.29) is 29.8 Å². The maximum Gasteiger partial charge on any atom is 0.240 e. The Kier molecular flexibility index (Phi) is 7.49. The fraction of sp³-hybridized carbons (Fsp3) is 0.300. The minimum absolute atomic E-state index is 0.0245. The summed E-state index contributed by atoms with van der Waals surface area (Å²) in [6.07, 6.45) is 0. The van der Waals surface area contributed by atoms with Crippen LogP contribution >= 0.6 is 0 Å². The van der Waals surface area contributed by atoms with Gasteiger partial charge in [0.2, 0.25) is 21.8 Å². The maximum absolute atomic E-state index is 12.3. The predicted octanol–water partition coefficient (Wildman–Crippen LogP) is 1.72. The molecular weight excluding hydrogens is 392 g/mol. The van der Waals surface area contributed by atoms with Gasteiger partial charge in [0.15, 0.2) is 0 Å². The molecule has 0 aliphatic carbocycles. The normalized spacial score (nSPS) is 11.3. The highest BCUT2D eigenvalue weighted by atomic mass is 32.2. The van der Waals surface area contributed by atoms with Gasteiger partial charge in [-0.2, -0.15) is 0 Å². The van der Waals surface area contributed by atoms with Crippen molar-refractivity contribution in [3.63, 3.8) is 0 Å². The number of benzene rings is 2. The molecule has 2 amide bonds. The number of rotatable bonds is 8. The summed E-state index contributed by atoms with van der Waals surface area (Å²) >= 11 is 0. The molecule has 2 aromatic carbocycles. The number of nitrogens with zero attached hydrogens (tertiary/aromatic N) is 1. The van der Waals surface area contributed by atoms with Gasteiger partial charge in [0.25, 0.3) is 0 Å². The molecule has 0 spiro atoms. The van der Waals surface area contributed by atoms with Crippen LogP contribution in [0.2, 0.25) is 0 Å². The Bertz CT molecular complexity index is 988. The Morgan fingerprint density at radius 3 is 1.97 bits per heavy atom. The Morgan fingerprint density at radius 2 is 1.41 bits per heavy atom. The highest BCUT2D eigenvalue weighted by molar-refractivity contribution is 7.89. The van der Waals surface area contributed by atoms with Gasteiger partial charge in [-0.05, 0) is 57.8 Å². The number of nitrogens with one attached hydrogen (secondary N) is 3. The Balaban J connectivity index is 1.92. The van der Waals surface area contributed by atoms with Crippen LogP contribution in [0.5, 0.6) is 0 Å². The van der Waals surface area contributed by atoms with Crippen LogP contribution in [0.4, 0.5) is 11.4 Å². The molecule has 0 aliphatic heterocycles. The quantitative estimate of drug-likeness (QED) is 0.605. The standard InChI is InChI=1S/C20H26N4O4S/c1-14-5-8-16(9-6-14)22-19(25)12-24(4)13-20(26)23-17-10-7-15(2)18(11-17)29(27,28)21-3/h5-11,21H,12-13H2,1-4H3,(H,22,25)(H,23,26). The van der Waals surface area contributed by atoms with Crippen LogP contribution in [0.1, 0.15) is 11.1 Å². The van der Waals surface area contributed by atoms with Crippen molar-refractivity contribution >= 4 is 33.2 Å².